The summed E-state index contributed by atoms with van der Waals surface area (Å²) in [5.41, 5.74) is 7.28. The second-order valence-electron chi connectivity index (χ2n) is 7.36. The molecule has 2 aromatic carbocycles. The first-order chi connectivity index (χ1) is 13.8. The van der Waals surface area contributed by atoms with Gasteiger partial charge in [-0.15, -0.1) is 10.2 Å². The fraction of sp³-hybridized carbons (Fsp3) is 0.238. The third-order valence-electron chi connectivity index (χ3n) is 4.08. The van der Waals surface area contributed by atoms with Gasteiger partial charge < -0.3 is 4.42 Å². The quantitative estimate of drug-likeness (QED) is 0.493. The van der Waals surface area contributed by atoms with Crippen LogP contribution in [-0.4, -0.2) is 27.8 Å². The number of benzene rings is 2. The zero-order valence-corrected chi connectivity index (χ0v) is 17.2. The molecule has 0 bridgehead atoms. The van der Waals surface area contributed by atoms with Gasteiger partial charge in [0, 0.05) is 11.1 Å². The van der Waals surface area contributed by atoms with Crippen molar-refractivity contribution in [1.29, 1.82) is 0 Å². The topological polar surface area (TPSA) is 97.1 Å². The van der Waals surface area contributed by atoms with E-state index in [-0.39, 0.29) is 28.2 Å². The third kappa shape index (κ3) is 5.68. The molecule has 2 amide bonds. The Morgan fingerprint density at radius 3 is 2.31 bits per heavy atom. The molecule has 0 unspecified atom stereocenters. The van der Waals surface area contributed by atoms with E-state index in [2.05, 4.69) is 41.8 Å². The molecule has 1 aromatic heterocycles. The van der Waals surface area contributed by atoms with Crippen molar-refractivity contribution >= 4 is 23.6 Å². The average molecular weight is 410 g/mol. The minimum absolute atomic E-state index is 0.0274. The number of aromatic nitrogens is 2. The van der Waals surface area contributed by atoms with Gasteiger partial charge in [0.2, 0.25) is 11.8 Å². The number of nitrogens with zero attached hydrogens (tertiary/aromatic N) is 2. The summed E-state index contributed by atoms with van der Waals surface area (Å²) in [6, 6.07) is 16.6. The van der Waals surface area contributed by atoms with Crippen LogP contribution in [0.5, 0.6) is 0 Å². The molecule has 3 aromatic rings. The number of hydrazine groups is 1. The number of carbonyl (C=O) groups is 2. The highest BCUT2D eigenvalue weighted by Gasteiger charge is 2.15. The molecule has 0 saturated carbocycles. The summed E-state index contributed by atoms with van der Waals surface area (Å²) >= 11 is 1.10. The number of thioether (sulfide) groups is 1. The van der Waals surface area contributed by atoms with Crippen LogP contribution >= 0.6 is 11.8 Å². The van der Waals surface area contributed by atoms with Crippen molar-refractivity contribution in [3.05, 3.63) is 65.7 Å². The molecule has 0 aliphatic heterocycles. The Bertz CT molecular complexity index is 979. The molecule has 1 heterocycles. The summed E-state index contributed by atoms with van der Waals surface area (Å²) in [5.74, 6) is -0.346. The number of carbonyl (C=O) groups excluding carboxylic acids is 2. The predicted octanol–water partition coefficient (Wildman–Crippen LogP) is 3.59. The van der Waals surface area contributed by atoms with Crippen molar-refractivity contribution in [2.45, 2.75) is 31.4 Å². The lowest BCUT2D eigenvalue weighted by molar-refractivity contribution is -0.119. The highest BCUT2D eigenvalue weighted by atomic mass is 32.2. The van der Waals surface area contributed by atoms with Crippen LogP contribution in [0.4, 0.5) is 0 Å². The molecular formula is C21H22N4O3S. The Balaban J connectivity index is 1.50. The molecule has 0 saturated heterocycles. The van der Waals surface area contributed by atoms with Gasteiger partial charge in [-0.25, -0.2) is 0 Å². The van der Waals surface area contributed by atoms with Gasteiger partial charge in [0.15, 0.2) is 0 Å². The minimum Gasteiger partial charge on any atom is -0.411 e. The van der Waals surface area contributed by atoms with E-state index in [1.165, 1.54) is 5.56 Å². The molecule has 0 aliphatic rings. The van der Waals surface area contributed by atoms with E-state index in [1.54, 1.807) is 24.3 Å². The van der Waals surface area contributed by atoms with Crippen molar-refractivity contribution in [2.24, 2.45) is 0 Å². The number of hydrogen-bond acceptors (Lipinski definition) is 6. The second-order valence-corrected chi connectivity index (χ2v) is 8.28. The van der Waals surface area contributed by atoms with Gasteiger partial charge in [0.25, 0.3) is 11.1 Å². The Kier molecular flexibility index (Phi) is 6.33. The van der Waals surface area contributed by atoms with E-state index in [1.807, 2.05) is 30.3 Å². The molecule has 0 fully saturated rings. The van der Waals surface area contributed by atoms with Crippen LogP contribution in [0, 0.1) is 0 Å². The van der Waals surface area contributed by atoms with Crippen LogP contribution < -0.4 is 10.9 Å². The summed E-state index contributed by atoms with van der Waals surface area (Å²) < 4.78 is 5.61. The van der Waals surface area contributed by atoms with E-state index in [0.29, 0.717) is 11.5 Å². The first kappa shape index (κ1) is 20.6. The predicted molar refractivity (Wildman–Crippen MR) is 111 cm³/mol. The van der Waals surface area contributed by atoms with Crippen molar-refractivity contribution in [3.63, 3.8) is 0 Å². The van der Waals surface area contributed by atoms with E-state index in [4.69, 9.17) is 4.42 Å². The number of amides is 2. The Hall–Kier alpha value is -3.13. The molecule has 150 valence electrons. The molecule has 2 N–H and O–H groups in total. The van der Waals surface area contributed by atoms with Crippen LogP contribution in [0.3, 0.4) is 0 Å². The fourth-order valence-corrected chi connectivity index (χ4v) is 3.01. The zero-order valence-electron chi connectivity index (χ0n) is 16.4. The smallest absolute Gasteiger partial charge is 0.277 e. The summed E-state index contributed by atoms with van der Waals surface area (Å²) in [7, 11) is 0. The maximum Gasteiger partial charge on any atom is 0.277 e. The van der Waals surface area contributed by atoms with Crippen LogP contribution in [0.2, 0.25) is 0 Å². The van der Waals surface area contributed by atoms with Crippen molar-refractivity contribution in [1.82, 2.24) is 21.0 Å². The summed E-state index contributed by atoms with van der Waals surface area (Å²) in [4.78, 5) is 23.8. The van der Waals surface area contributed by atoms with Crippen molar-refractivity contribution < 1.29 is 14.0 Å². The van der Waals surface area contributed by atoms with Gasteiger partial charge in [-0.05, 0) is 35.2 Å². The zero-order chi connectivity index (χ0) is 20.9. The number of nitrogens with one attached hydrogen (secondary N) is 2. The van der Waals surface area contributed by atoms with Crippen molar-refractivity contribution in [2.75, 3.05) is 5.75 Å². The van der Waals surface area contributed by atoms with Crippen molar-refractivity contribution in [3.8, 4) is 11.5 Å². The van der Waals surface area contributed by atoms with Crippen LogP contribution in [0.15, 0.2) is 64.2 Å². The molecule has 8 heteroatoms. The highest BCUT2D eigenvalue weighted by Crippen LogP contribution is 2.27. The molecule has 7 nitrogen and oxygen atoms in total. The maximum absolute atomic E-state index is 11.9. The van der Waals surface area contributed by atoms with E-state index in [9.17, 15) is 9.59 Å². The summed E-state index contributed by atoms with van der Waals surface area (Å²) in [6.45, 7) is 6.45. The molecule has 29 heavy (non-hydrogen) atoms. The van der Waals surface area contributed by atoms with Crippen LogP contribution in [0.25, 0.3) is 11.5 Å². The lowest BCUT2D eigenvalue weighted by Gasteiger charge is -2.18. The lowest BCUT2D eigenvalue weighted by Crippen LogP contribution is -2.42. The summed E-state index contributed by atoms with van der Waals surface area (Å²) in [6.07, 6.45) is 0. The SMILES string of the molecule is CC(C)(C)c1ccc(-c2nnc(SCC(=O)NNC(=O)c3ccccc3)o2)cc1. The standard InChI is InChI=1S/C21H22N4O3S/c1-21(2,3)16-11-9-15(10-12-16)19-24-25-20(28-19)29-13-17(26)22-23-18(27)14-7-5-4-6-8-14/h4-12H,13H2,1-3H3,(H,22,26)(H,23,27). The second kappa shape index (κ2) is 8.91. The van der Waals surface area contributed by atoms with Crippen LogP contribution in [-0.2, 0) is 10.2 Å². The molecule has 0 aliphatic carbocycles. The number of hydrogen-bond donors (Lipinski definition) is 2. The van der Waals surface area contributed by atoms with E-state index < -0.39 is 0 Å². The third-order valence-corrected chi connectivity index (χ3v) is 4.90. The minimum atomic E-state index is -0.386. The Morgan fingerprint density at radius 2 is 1.66 bits per heavy atom. The van der Waals surface area contributed by atoms with E-state index >= 15 is 0 Å². The maximum atomic E-state index is 11.9. The molecule has 3 rings (SSSR count). The molecular weight excluding hydrogens is 388 g/mol. The highest BCUT2D eigenvalue weighted by molar-refractivity contribution is 7.99. The Morgan fingerprint density at radius 1 is 0.966 bits per heavy atom. The van der Waals surface area contributed by atoms with E-state index in [0.717, 1.165) is 17.3 Å². The first-order valence-electron chi connectivity index (χ1n) is 9.04. The van der Waals surface area contributed by atoms with Gasteiger partial charge in [0.05, 0.1) is 5.75 Å². The normalized spacial score (nSPS) is 11.1. The van der Waals surface area contributed by atoms with Gasteiger partial charge >= 0.3 is 0 Å². The molecule has 0 spiro atoms. The van der Waals surface area contributed by atoms with Gasteiger partial charge in [-0.3, -0.25) is 20.4 Å². The Labute approximate surface area is 173 Å². The monoisotopic (exact) mass is 410 g/mol. The average Bonchev–Trinajstić information content (AvgIpc) is 3.19. The fourth-order valence-electron chi connectivity index (χ4n) is 2.45. The number of rotatable bonds is 5. The van der Waals surface area contributed by atoms with Gasteiger partial charge in [0.1, 0.15) is 0 Å². The van der Waals surface area contributed by atoms with Gasteiger partial charge in [-0.1, -0.05) is 62.9 Å². The molecule has 0 atom stereocenters. The van der Waals surface area contributed by atoms with Crippen LogP contribution in [0.1, 0.15) is 36.7 Å². The van der Waals surface area contributed by atoms with Gasteiger partial charge in [-0.2, -0.15) is 0 Å². The lowest BCUT2D eigenvalue weighted by atomic mass is 9.87. The molecule has 0 radical (unpaired) electrons. The largest absolute Gasteiger partial charge is 0.411 e. The first-order valence-corrected chi connectivity index (χ1v) is 10.0. The summed E-state index contributed by atoms with van der Waals surface area (Å²) in [5, 5.41) is 8.27.